The SMILES string of the molecule is CCCCC/C=C\C/C=C\C/C=C\CCCCCCCCC(=O)OC1C(OCC(NC(=O)C(O)CCCCCCCCCCCCCCCCCC/C=C\C/C=C\CCCCC)C(O)/C=C/CCCCCCCCCCC)OC(CO)C(O)C1O. The van der Waals surface area contributed by atoms with Crippen molar-refractivity contribution in [3.63, 3.8) is 0 Å². The number of rotatable bonds is 61. The van der Waals surface area contributed by atoms with E-state index in [0.717, 1.165) is 96.3 Å². The van der Waals surface area contributed by atoms with E-state index < -0.39 is 67.4 Å². The first kappa shape index (κ1) is 80.1. The Balaban J connectivity index is 2.54. The zero-order chi connectivity index (χ0) is 61.7. The molecule has 6 N–H and O–H groups in total. The van der Waals surface area contributed by atoms with Crippen LogP contribution in [-0.4, -0.2) is 99.6 Å². The minimum atomic E-state index is -1.62. The number of aliphatic hydroxyl groups excluding tert-OH is 5. The first-order chi connectivity index (χ1) is 41.7. The lowest BCUT2D eigenvalue weighted by Crippen LogP contribution is -2.61. The number of esters is 1. The van der Waals surface area contributed by atoms with Crippen molar-refractivity contribution >= 4 is 11.9 Å². The van der Waals surface area contributed by atoms with Crippen LogP contribution in [0.4, 0.5) is 0 Å². The summed E-state index contributed by atoms with van der Waals surface area (Å²) in [5.41, 5.74) is 0. The fourth-order valence-corrected chi connectivity index (χ4v) is 10.9. The minimum Gasteiger partial charge on any atom is -0.454 e. The molecule has 1 amide bonds. The lowest BCUT2D eigenvalue weighted by molar-refractivity contribution is -0.305. The Morgan fingerprint density at radius 3 is 1.24 bits per heavy atom. The summed E-state index contributed by atoms with van der Waals surface area (Å²) in [6.07, 6.45) is 69.5. The minimum absolute atomic E-state index is 0.108. The summed E-state index contributed by atoms with van der Waals surface area (Å²) in [5, 5.41) is 57.2. The van der Waals surface area contributed by atoms with E-state index in [4.69, 9.17) is 14.2 Å². The van der Waals surface area contributed by atoms with Gasteiger partial charge in [0.25, 0.3) is 0 Å². The summed E-state index contributed by atoms with van der Waals surface area (Å²) in [7, 11) is 0. The molecule has 1 aliphatic heterocycles. The Morgan fingerprint density at radius 1 is 0.459 bits per heavy atom. The molecule has 0 aromatic rings. The maximum Gasteiger partial charge on any atom is 0.306 e. The third-order valence-corrected chi connectivity index (χ3v) is 16.6. The summed E-state index contributed by atoms with van der Waals surface area (Å²) in [5.74, 6) is -1.20. The Kier molecular flexibility index (Phi) is 57.8. The first-order valence-corrected chi connectivity index (χ1v) is 35.7. The van der Waals surface area contributed by atoms with Gasteiger partial charge in [0.15, 0.2) is 12.4 Å². The van der Waals surface area contributed by atoms with Crippen molar-refractivity contribution in [3.8, 4) is 0 Å². The van der Waals surface area contributed by atoms with Gasteiger partial charge in [-0.15, -0.1) is 0 Å². The Labute approximate surface area is 521 Å². The predicted octanol–water partition coefficient (Wildman–Crippen LogP) is 18.3. The molecule has 11 nitrogen and oxygen atoms in total. The summed E-state index contributed by atoms with van der Waals surface area (Å²) in [6.45, 7) is 5.76. The van der Waals surface area contributed by atoms with Crippen LogP contribution in [0, 0.1) is 0 Å². The number of aliphatic hydroxyl groups is 5. The van der Waals surface area contributed by atoms with Gasteiger partial charge >= 0.3 is 5.97 Å². The van der Waals surface area contributed by atoms with E-state index in [-0.39, 0.29) is 13.0 Å². The van der Waals surface area contributed by atoms with Crippen molar-refractivity contribution in [2.45, 2.75) is 372 Å². The van der Waals surface area contributed by atoms with Crippen molar-refractivity contribution in [1.29, 1.82) is 0 Å². The third-order valence-electron chi connectivity index (χ3n) is 16.6. The van der Waals surface area contributed by atoms with Gasteiger partial charge in [0.1, 0.15) is 24.4 Å². The molecule has 8 unspecified atom stereocenters. The number of carbonyl (C=O) groups is 2. The Hall–Kier alpha value is -2.90. The van der Waals surface area contributed by atoms with Crippen LogP contribution in [0.2, 0.25) is 0 Å². The van der Waals surface area contributed by atoms with Crippen LogP contribution in [-0.2, 0) is 23.8 Å². The number of unbranched alkanes of at least 4 members (excludes halogenated alkanes) is 37. The number of ether oxygens (including phenoxy) is 3. The molecule has 0 aromatic carbocycles. The van der Waals surface area contributed by atoms with Crippen LogP contribution >= 0.6 is 0 Å². The van der Waals surface area contributed by atoms with Gasteiger partial charge in [-0.1, -0.05) is 293 Å². The van der Waals surface area contributed by atoms with Crippen LogP contribution in [0.3, 0.4) is 0 Å². The topological polar surface area (TPSA) is 175 Å². The second kappa shape index (κ2) is 61.3. The lowest BCUT2D eigenvalue weighted by atomic mass is 9.99. The van der Waals surface area contributed by atoms with E-state index in [9.17, 15) is 35.1 Å². The summed E-state index contributed by atoms with van der Waals surface area (Å²) < 4.78 is 17.7. The number of nitrogens with one attached hydrogen (secondary N) is 1. The summed E-state index contributed by atoms with van der Waals surface area (Å²) in [6, 6.07) is -1.03. The number of hydrogen-bond acceptors (Lipinski definition) is 10. The average molecular weight is 1200 g/mol. The molecule has 494 valence electrons. The molecular weight excluding hydrogens is 1060 g/mol. The van der Waals surface area contributed by atoms with E-state index in [1.54, 1.807) is 6.08 Å². The van der Waals surface area contributed by atoms with Gasteiger partial charge in [-0.3, -0.25) is 9.59 Å². The average Bonchev–Trinajstić information content (AvgIpc) is 2.90. The van der Waals surface area contributed by atoms with E-state index in [1.165, 1.54) is 180 Å². The fourth-order valence-electron chi connectivity index (χ4n) is 10.9. The Morgan fingerprint density at radius 2 is 0.812 bits per heavy atom. The second-order valence-corrected chi connectivity index (χ2v) is 24.6. The van der Waals surface area contributed by atoms with Crippen LogP contribution in [0.1, 0.15) is 323 Å². The van der Waals surface area contributed by atoms with Gasteiger partial charge in [-0.25, -0.2) is 0 Å². The molecule has 0 aromatic heterocycles. The lowest BCUT2D eigenvalue weighted by Gasteiger charge is -2.41. The molecule has 0 bridgehead atoms. The van der Waals surface area contributed by atoms with E-state index in [2.05, 4.69) is 86.8 Å². The molecule has 0 saturated carbocycles. The van der Waals surface area contributed by atoms with Crippen LogP contribution < -0.4 is 5.32 Å². The standard InChI is InChI=1S/C74H133NO10/c1-4-7-10-13-16-19-22-24-26-28-30-31-32-33-34-35-36-38-39-41-43-46-49-52-55-58-61-67(78)73(82)75-65(66(77)60-57-54-51-48-45-21-18-15-12-9-6-3)64-83-74-72(71(81)70(80)68(63-76)84-74)85-69(79)62-59-56-53-50-47-44-42-40-37-29-27-25-23-20-17-14-11-8-5-2/h16-17,19-20,24-27,37,40,57,60,65-68,70-72,74,76-78,80-81H,4-15,18,21-23,28-36,38-39,41-56,58-59,61-64H2,1-3H3,(H,75,82)/b19-16-,20-17-,26-24-,27-25-,40-37-,60-57+. The maximum atomic E-state index is 13.5. The largest absolute Gasteiger partial charge is 0.454 e. The number of allylic oxidation sites excluding steroid dienone is 11. The van der Waals surface area contributed by atoms with Crippen molar-refractivity contribution in [2.24, 2.45) is 0 Å². The molecule has 1 heterocycles. The molecule has 1 aliphatic rings. The molecule has 1 rings (SSSR count). The highest BCUT2D eigenvalue weighted by molar-refractivity contribution is 5.80. The van der Waals surface area contributed by atoms with Crippen LogP contribution in [0.25, 0.3) is 0 Å². The van der Waals surface area contributed by atoms with E-state index in [1.807, 2.05) is 6.08 Å². The van der Waals surface area contributed by atoms with Crippen molar-refractivity contribution < 1.29 is 49.3 Å². The van der Waals surface area contributed by atoms with Gasteiger partial charge in [-0.2, -0.15) is 0 Å². The quantitative estimate of drug-likeness (QED) is 0.0195. The zero-order valence-electron chi connectivity index (χ0n) is 55.0. The van der Waals surface area contributed by atoms with E-state index in [0.29, 0.717) is 19.3 Å². The van der Waals surface area contributed by atoms with Gasteiger partial charge in [0.2, 0.25) is 5.91 Å². The van der Waals surface area contributed by atoms with Gasteiger partial charge in [-0.05, 0) is 96.3 Å². The molecule has 11 heteroatoms. The van der Waals surface area contributed by atoms with Gasteiger partial charge < -0.3 is 45.1 Å². The highest BCUT2D eigenvalue weighted by Crippen LogP contribution is 2.26. The second-order valence-electron chi connectivity index (χ2n) is 24.6. The highest BCUT2D eigenvalue weighted by atomic mass is 16.7. The predicted molar refractivity (Wildman–Crippen MR) is 356 cm³/mol. The van der Waals surface area contributed by atoms with Crippen molar-refractivity contribution in [1.82, 2.24) is 5.32 Å². The number of hydrogen-bond donors (Lipinski definition) is 6. The maximum absolute atomic E-state index is 13.5. The zero-order valence-corrected chi connectivity index (χ0v) is 55.0. The first-order valence-electron chi connectivity index (χ1n) is 35.7. The highest BCUT2D eigenvalue weighted by Gasteiger charge is 2.47. The molecule has 0 aliphatic carbocycles. The van der Waals surface area contributed by atoms with Crippen LogP contribution in [0.5, 0.6) is 0 Å². The summed E-state index contributed by atoms with van der Waals surface area (Å²) in [4.78, 5) is 26.7. The molecule has 85 heavy (non-hydrogen) atoms. The molecule has 8 atom stereocenters. The number of carbonyl (C=O) groups excluding carboxylic acids is 2. The summed E-state index contributed by atoms with van der Waals surface area (Å²) >= 11 is 0. The normalized spacial score (nSPS) is 18.8. The molecule has 1 fully saturated rings. The number of amides is 1. The molecule has 0 radical (unpaired) electrons. The monoisotopic (exact) mass is 1200 g/mol. The van der Waals surface area contributed by atoms with E-state index >= 15 is 0 Å². The Bertz CT molecular complexity index is 1660. The van der Waals surface area contributed by atoms with Crippen LogP contribution in [0.15, 0.2) is 72.9 Å². The fraction of sp³-hybridized carbons (Fsp3) is 0.811. The molecule has 1 saturated heterocycles. The molecular formula is C74H133NO10. The van der Waals surface area contributed by atoms with Gasteiger partial charge in [0.05, 0.1) is 25.4 Å². The van der Waals surface area contributed by atoms with Gasteiger partial charge in [0, 0.05) is 6.42 Å². The van der Waals surface area contributed by atoms with Crippen molar-refractivity contribution in [3.05, 3.63) is 72.9 Å². The third kappa shape index (κ3) is 48.7. The molecule has 0 spiro atoms. The van der Waals surface area contributed by atoms with Crippen molar-refractivity contribution in [2.75, 3.05) is 13.2 Å². The smallest absolute Gasteiger partial charge is 0.306 e.